The lowest BCUT2D eigenvalue weighted by Crippen LogP contribution is -2.45. The second-order valence-corrected chi connectivity index (χ2v) is 9.90. The van der Waals surface area contributed by atoms with Crippen LogP contribution in [0.15, 0.2) is 46.3 Å². The van der Waals surface area contributed by atoms with E-state index in [0.29, 0.717) is 15.6 Å². The molecule has 0 bridgehead atoms. The van der Waals surface area contributed by atoms with Crippen LogP contribution in [0, 0.1) is 19.7 Å². The Hall–Kier alpha value is -2.86. The molecule has 2 heterocycles. The Morgan fingerprint density at radius 3 is 2.59 bits per heavy atom. The lowest BCUT2D eigenvalue weighted by Gasteiger charge is -2.42. The lowest BCUT2D eigenvalue weighted by molar-refractivity contribution is -0.115. The van der Waals surface area contributed by atoms with Crippen molar-refractivity contribution in [3.63, 3.8) is 0 Å². The smallest absolute Gasteiger partial charge is 0.264 e. The first-order valence-corrected chi connectivity index (χ1v) is 11.6. The summed E-state index contributed by atoms with van der Waals surface area (Å²) in [5.74, 6) is -0.605. The summed E-state index contributed by atoms with van der Waals surface area (Å²) in [6.07, 6.45) is 3.82. The first-order chi connectivity index (χ1) is 15.1. The zero-order valence-electron chi connectivity index (χ0n) is 19.3. The molecule has 2 aliphatic rings. The third-order valence-corrected chi connectivity index (χ3v) is 6.98. The summed E-state index contributed by atoms with van der Waals surface area (Å²) in [5.41, 5.74) is 6.31. The predicted molar refractivity (Wildman–Crippen MR) is 134 cm³/mol. The quantitative estimate of drug-likeness (QED) is 0.555. The number of aryl methyl sites for hydroxylation is 2. The number of thioether (sulfide) groups is 1. The lowest BCUT2D eigenvalue weighted by atomic mass is 9.88. The largest absolute Gasteiger partial charge is 0.363 e. The van der Waals surface area contributed by atoms with Crippen molar-refractivity contribution in [2.24, 2.45) is 4.99 Å². The van der Waals surface area contributed by atoms with Crippen molar-refractivity contribution >= 4 is 45.9 Å². The van der Waals surface area contributed by atoms with Crippen molar-refractivity contribution < 1.29 is 9.18 Å². The average molecular weight is 450 g/mol. The molecule has 2 aromatic rings. The van der Waals surface area contributed by atoms with Crippen LogP contribution in [0.4, 0.5) is 15.8 Å². The maximum Gasteiger partial charge on any atom is 0.264 e. The molecule has 32 heavy (non-hydrogen) atoms. The van der Waals surface area contributed by atoms with Gasteiger partial charge >= 0.3 is 0 Å². The van der Waals surface area contributed by atoms with E-state index in [1.54, 1.807) is 12.1 Å². The van der Waals surface area contributed by atoms with Crippen LogP contribution in [0.2, 0.25) is 0 Å². The fourth-order valence-corrected chi connectivity index (χ4v) is 5.17. The highest BCUT2D eigenvalue weighted by Gasteiger charge is 2.31. The number of fused-ring (bicyclic) bond motifs is 1. The minimum absolute atomic E-state index is 0.181. The number of nitrogens with zero attached hydrogens (tertiary/aromatic N) is 2. The Bertz CT molecular complexity index is 1210. The zero-order chi connectivity index (χ0) is 23.2. The van der Waals surface area contributed by atoms with Crippen molar-refractivity contribution in [2.45, 2.75) is 47.1 Å². The molecule has 0 spiro atoms. The third-order valence-electron chi connectivity index (χ3n) is 6.07. The van der Waals surface area contributed by atoms with E-state index in [1.165, 1.54) is 17.3 Å². The second kappa shape index (κ2) is 8.24. The first kappa shape index (κ1) is 22.3. The minimum Gasteiger partial charge on any atom is -0.363 e. The van der Waals surface area contributed by atoms with Gasteiger partial charge in [-0.15, -0.1) is 0 Å². The van der Waals surface area contributed by atoms with Gasteiger partial charge in [-0.3, -0.25) is 4.79 Å². The van der Waals surface area contributed by atoms with Crippen LogP contribution in [-0.2, 0) is 4.79 Å². The Morgan fingerprint density at radius 2 is 1.91 bits per heavy atom. The highest BCUT2D eigenvalue weighted by Crippen LogP contribution is 2.40. The number of aliphatic imine (C=N–C) groups is 1. The van der Waals surface area contributed by atoms with Crippen molar-refractivity contribution in [1.82, 2.24) is 5.32 Å². The number of benzene rings is 2. The molecular formula is C26H28FN3OS. The number of carbonyl (C=O) groups excluding carboxylic acids is 1. The number of carbonyl (C=O) groups is 1. The van der Waals surface area contributed by atoms with Gasteiger partial charge in [0.25, 0.3) is 5.91 Å². The van der Waals surface area contributed by atoms with Crippen LogP contribution in [0.5, 0.6) is 0 Å². The third kappa shape index (κ3) is 4.11. The molecule has 0 radical (unpaired) electrons. The molecule has 166 valence electrons. The van der Waals surface area contributed by atoms with Crippen LogP contribution in [0.1, 0.15) is 49.9 Å². The fourth-order valence-electron chi connectivity index (χ4n) is 4.34. The summed E-state index contributed by atoms with van der Waals surface area (Å²) in [4.78, 5) is 19.7. The molecule has 1 amide bonds. The maximum atomic E-state index is 15.1. The summed E-state index contributed by atoms with van der Waals surface area (Å²) >= 11 is 1.23. The van der Waals surface area contributed by atoms with Gasteiger partial charge in [0, 0.05) is 23.4 Å². The first-order valence-electron chi connectivity index (χ1n) is 10.8. The van der Waals surface area contributed by atoms with Crippen LogP contribution < -0.4 is 10.2 Å². The van der Waals surface area contributed by atoms with Gasteiger partial charge in [-0.05, 0) is 100 Å². The molecule has 1 fully saturated rings. The Labute approximate surface area is 193 Å². The normalized spacial score (nSPS) is 19.9. The number of halogens is 1. The van der Waals surface area contributed by atoms with Gasteiger partial charge in [-0.25, -0.2) is 9.38 Å². The molecule has 0 saturated carbocycles. The molecule has 0 unspecified atom stereocenters. The number of hydrogen-bond donors (Lipinski definition) is 1. The molecule has 0 aliphatic carbocycles. The van der Waals surface area contributed by atoms with Gasteiger partial charge in [-0.1, -0.05) is 12.1 Å². The summed E-state index contributed by atoms with van der Waals surface area (Å²) in [6.45, 7) is 13.2. The van der Waals surface area contributed by atoms with Gasteiger partial charge in [0.1, 0.15) is 5.82 Å². The summed E-state index contributed by atoms with van der Waals surface area (Å²) in [7, 11) is 0. The van der Waals surface area contributed by atoms with Gasteiger partial charge in [0.15, 0.2) is 5.17 Å². The van der Waals surface area contributed by atoms with Gasteiger partial charge in [0.2, 0.25) is 0 Å². The van der Waals surface area contributed by atoms with E-state index in [0.717, 1.165) is 34.6 Å². The van der Waals surface area contributed by atoms with E-state index in [-0.39, 0.29) is 17.3 Å². The average Bonchev–Trinajstić information content (AvgIpc) is 3.04. The van der Waals surface area contributed by atoms with Gasteiger partial charge in [0.05, 0.1) is 16.1 Å². The van der Waals surface area contributed by atoms with E-state index in [1.807, 2.05) is 45.0 Å². The number of hydrogen-bond acceptors (Lipinski definition) is 4. The number of likely N-dealkylation sites (N-methyl/N-ethyl adjacent to an activating group) is 1. The monoisotopic (exact) mass is 449 g/mol. The highest BCUT2D eigenvalue weighted by atomic mass is 32.2. The van der Waals surface area contributed by atoms with E-state index in [2.05, 4.69) is 42.1 Å². The number of nitrogens with one attached hydrogen (secondary N) is 1. The van der Waals surface area contributed by atoms with Crippen LogP contribution in [-0.4, -0.2) is 23.2 Å². The van der Waals surface area contributed by atoms with E-state index >= 15 is 4.39 Å². The Kier molecular flexibility index (Phi) is 5.76. The Balaban J connectivity index is 1.67. The number of rotatable bonds is 3. The SMILES string of the molecule is CCN1c2cc(F)c(/C=C3/SC(=Nc4ccc(C)c(C)c4)NC3=O)cc2C(C)=CC1(C)C. The Morgan fingerprint density at radius 1 is 1.16 bits per heavy atom. The van der Waals surface area contributed by atoms with Crippen LogP contribution >= 0.6 is 11.8 Å². The maximum absolute atomic E-state index is 15.1. The predicted octanol–water partition coefficient (Wildman–Crippen LogP) is 6.36. The molecule has 1 saturated heterocycles. The van der Waals surface area contributed by atoms with Crippen LogP contribution in [0.3, 0.4) is 0 Å². The molecule has 2 aromatic carbocycles. The second-order valence-electron chi connectivity index (χ2n) is 8.87. The summed E-state index contributed by atoms with van der Waals surface area (Å²) in [5, 5.41) is 3.29. The molecular weight excluding hydrogens is 421 g/mol. The number of anilines is 1. The van der Waals surface area contributed by atoms with Crippen LogP contribution in [0.25, 0.3) is 11.6 Å². The van der Waals surface area contributed by atoms with Gasteiger partial charge < -0.3 is 10.2 Å². The molecule has 2 aliphatic heterocycles. The summed E-state index contributed by atoms with van der Waals surface area (Å²) in [6, 6.07) is 9.34. The van der Waals surface area contributed by atoms with Gasteiger partial charge in [-0.2, -0.15) is 0 Å². The molecule has 4 rings (SSSR count). The van der Waals surface area contributed by atoms with Crippen molar-refractivity contribution in [3.05, 3.63) is 69.4 Å². The van der Waals surface area contributed by atoms with Crippen molar-refractivity contribution in [3.8, 4) is 0 Å². The standard InChI is InChI=1S/C26H28FN3OS/c1-7-30-22-13-21(27)18(11-20(22)17(4)14-26(30,5)6)12-23-24(31)29-25(32-23)28-19-9-8-15(2)16(3)10-19/h8-14H,7H2,1-6H3,(H,28,29,31)/b23-12+. The topological polar surface area (TPSA) is 44.7 Å². The molecule has 6 heteroatoms. The number of amidine groups is 1. The van der Waals surface area contributed by atoms with Crippen molar-refractivity contribution in [1.29, 1.82) is 0 Å². The zero-order valence-corrected chi connectivity index (χ0v) is 20.2. The summed E-state index contributed by atoms with van der Waals surface area (Å²) < 4.78 is 15.1. The molecule has 1 N–H and O–H groups in total. The van der Waals surface area contributed by atoms with E-state index < -0.39 is 0 Å². The van der Waals surface area contributed by atoms with E-state index in [9.17, 15) is 4.79 Å². The highest BCUT2D eigenvalue weighted by molar-refractivity contribution is 8.18. The number of allylic oxidation sites excluding steroid dienone is 1. The number of amides is 1. The fraction of sp³-hybridized carbons (Fsp3) is 0.308. The molecule has 4 nitrogen and oxygen atoms in total. The van der Waals surface area contributed by atoms with Crippen molar-refractivity contribution in [2.75, 3.05) is 11.4 Å². The minimum atomic E-state index is -0.340. The molecule has 0 aromatic heterocycles. The molecule has 0 atom stereocenters. The van der Waals surface area contributed by atoms with E-state index in [4.69, 9.17) is 0 Å².